The van der Waals surface area contributed by atoms with Crippen molar-refractivity contribution in [2.24, 2.45) is 5.92 Å². The predicted molar refractivity (Wildman–Crippen MR) is 70.4 cm³/mol. The molecule has 0 bridgehead atoms. The van der Waals surface area contributed by atoms with Crippen molar-refractivity contribution in [3.05, 3.63) is 0 Å². The Hall–Kier alpha value is -0.650. The minimum atomic E-state index is -0.0477. The Bertz CT molecular complexity index is 294. The molecular formula is C13H25N3O2. The van der Waals surface area contributed by atoms with Crippen LogP contribution in [0.5, 0.6) is 0 Å². The number of rotatable bonds is 6. The van der Waals surface area contributed by atoms with Crippen LogP contribution in [0.3, 0.4) is 0 Å². The van der Waals surface area contributed by atoms with Crippen LogP contribution in [0.25, 0.3) is 0 Å². The van der Waals surface area contributed by atoms with Gasteiger partial charge in [0.05, 0.1) is 19.1 Å². The van der Waals surface area contributed by atoms with Gasteiger partial charge in [-0.05, 0) is 33.9 Å². The SMILES string of the molecule is CNC1COCC1C(=O)NCC(C)N(C)C1CC1. The summed E-state index contributed by atoms with van der Waals surface area (Å²) < 4.78 is 5.35. The van der Waals surface area contributed by atoms with Gasteiger partial charge in [-0.25, -0.2) is 0 Å². The van der Waals surface area contributed by atoms with Crippen molar-refractivity contribution in [1.82, 2.24) is 15.5 Å². The number of hydrogen-bond acceptors (Lipinski definition) is 4. The zero-order valence-electron chi connectivity index (χ0n) is 11.6. The van der Waals surface area contributed by atoms with Gasteiger partial charge in [0.25, 0.3) is 0 Å². The van der Waals surface area contributed by atoms with Gasteiger partial charge < -0.3 is 15.4 Å². The van der Waals surface area contributed by atoms with Crippen LogP contribution in [0.1, 0.15) is 19.8 Å². The molecule has 0 radical (unpaired) electrons. The van der Waals surface area contributed by atoms with E-state index in [2.05, 4.69) is 29.5 Å². The summed E-state index contributed by atoms with van der Waals surface area (Å²) in [6, 6.07) is 1.29. The molecule has 0 spiro atoms. The maximum Gasteiger partial charge on any atom is 0.227 e. The number of amides is 1. The normalized spacial score (nSPS) is 29.6. The molecule has 1 aliphatic heterocycles. The van der Waals surface area contributed by atoms with Crippen LogP contribution < -0.4 is 10.6 Å². The predicted octanol–water partition coefficient (Wildman–Crippen LogP) is -0.180. The first-order valence-electron chi connectivity index (χ1n) is 6.88. The van der Waals surface area contributed by atoms with Gasteiger partial charge in [0.2, 0.25) is 5.91 Å². The van der Waals surface area contributed by atoms with E-state index >= 15 is 0 Å². The van der Waals surface area contributed by atoms with Crippen molar-refractivity contribution in [2.45, 2.75) is 37.9 Å². The lowest BCUT2D eigenvalue weighted by Crippen LogP contribution is -2.47. The number of carbonyl (C=O) groups excluding carboxylic acids is 1. The maximum atomic E-state index is 12.1. The van der Waals surface area contributed by atoms with Crippen molar-refractivity contribution >= 4 is 5.91 Å². The molecule has 5 heteroatoms. The highest BCUT2D eigenvalue weighted by Gasteiger charge is 2.34. The molecule has 0 aromatic carbocycles. The molecule has 1 saturated heterocycles. The summed E-state index contributed by atoms with van der Waals surface area (Å²) in [4.78, 5) is 14.4. The zero-order valence-corrected chi connectivity index (χ0v) is 11.6. The number of nitrogens with one attached hydrogen (secondary N) is 2. The zero-order chi connectivity index (χ0) is 13.1. The van der Waals surface area contributed by atoms with Gasteiger partial charge in [-0.2, -0.15) is 0 Å². The molecule has 2 aliphatic rings. The van der Waals surface area contributed by atoms with Gasteiger partial charge in [-0.1, -0.05) is 0 Å². The first-order chi connectivity index (χ1) is 8.63. The number of carbonyl (C=O) groups is 1. The highest BCUT2D eigenvalue weighted by Crippen LogP contribution is 2.26. The highest BCUT2D eigenvalue weighted by atomic mass is 16.5. The molecule has 104 valence electrons. The Balaban J connectivity index is 1.73. The number of nitrogens with zero attached hydrogens (tertiary/aromatic N) is 1. The van der Waals surface area contributed by atoms with Gasteiger partial charge in [0, 0.05) is 24.7 Å². The largest absolute Gasteiger partial charge is 0.379 e. The average Bonchev–Trinajstić information content (AvgIpc) is 3.11. The summed E-state index contributed by atoms with van der Waals surface area (Å²) in [5.41, 5.74) is 0. The Kier molecular flexibility index (Phi) is 4.59. The van der Waals surface area contributed by atoms with E-state index in [0.717, 1.165) is 12.6 Å². The smallest absolute Gasteiger partial charge is 0.227 e. The molecule has 1 amide bonds. The minimum absolute atomic E-state index is 0.0477. The summed E-state index contributed by atoms with van der Waals surface area (Å²) >= 11 is 0. The second kappa shape index (κ2) is 5.99. The van der Waals surface area contributed by atoms with Gasteiger partial charge in [-0.3, -0.25) is 9.69 Å². The fraction of sp³-hybridized carbons (Fsp3) is 0.923. The van der Waals surface area contributed by atoms with Crippen LogP contribution in [-0.4, -0.2) is 62.8 Å². The van der Waals surface area contributed by atoms with E-state index in [1.54, 1.807) is 0 Å². The lowest BCUT2D eigenvalue weighted by Gasteiger charge is -2.25. The van der Waals surface area contributed by atoms with Gasteiger partial charge in [0.15, 0.2) is 0 Å². The van der Waals surface area contributed by atoms with Crippen molar-refractivity contribution in [2.75, 3.05) is 33.9 Å². The Labute approximate surface area is 109 Å². The average molecular weight is 255 g/mol. The van der Waals surface area contributed by atoms with Crippen LogP contribution in [0.15, 0.2) is 0 Å². The summed E-state index contributed by atoms with van der Waals surface area (Å²) in [6.07, 6.45) is 2.60. The monoisotopic (exact) mass is 255 g/mol. The molecule has 1 heterocycles. The quantitative estimate of drug-likeness (QED) is 0.691. The molecule has 5 nitrogen and oxygen atoms in total. The molecule has 2 N–H and O–H groups in total. The van der Waals surface area contributed by atoms with E-state index in [-0.39, 0.29) is 17.9 Å². The first kappa shape index (κ1) is 13.8. The molecule has 0 aromatic heterocycles. The topological polar surface area (TPSA) is 53.6 Å². The van der Waals surface area contributed by atoms with Crippen molar-refractivity contribution in [3.63, 3.8) is 0 Å². The third kappa shape index (κ3) is 3.22. The Morgan fingerprint density at radius 3 is 2.78 bits per heavy atom. The van der Waals surface area contributed by atoms with Gasteiger partial charge in [0.1, 0.15) is 0 Å². The summed E-state index contributed by atoms with van der Waals surface area (Å²) in [7, 11) is 4.02. The molecule has 3 unspecified atom stereocenters. The molecule has 1 saturated carbocycles. The number of hydrogen-bond donors (Lipinski definition) is 2. The van der Waals surface area contributed by atoms with E-state index in [1.807, 2.05) is 7.05 Å². The standard InChI is InChI=1S/C13H25N3O2/c1-9(16(3)10-4-5-10)6-15-13(17)11-7-18-8-12(11)14-2/h9-12,14H,4-8H2,1-3H3,(H,15,17). The summed E-state index contributed by atoms with van der Waals surface area (Å²) in [5.74, 6) is 0.0660. The highest BCUT2D eigenvalue weighted by molar-refractivity contribution is 5.79. The molecule has 1 aliphatic carbocycles. The molecule has 0 aromatic rings. The Morgan fingerprint density at radius 2 is 2.17 bits per heavy atom. The molecule has 2 fully saturated rings. The first-order valence-corrected chi connectivity index (χ1v) is 6.88. The third-order valence-electron chi connectivity index (χ3n) is 4.18. The summed E-state index contributed by atoms with van der Waals surface area (Å²) in [5, 5.41) is 6.19. The van der Waals surface area contributed by atoms with Gasteiger partial charge >= 0.3 is 0 Å². The van der Waals surface area contributed by atoms with E-state index in [4.69, 9.17) is 4.74 Å². The van der Waals surface area contributed by atoms with Crippen LogP contribution in [0.2, 0.25) is 0 Å². The van der Waals surface area contributed by atoms with Crippen LogP contribution in [0, 0.1) is 5.92 Å². The second-order valence-electron chi connectivity index (χ2n) is 5.53. The van der Waals surface area contributed by atoms with Crippen LogP contribution in [0.4, 0.5) is 0 Å². The van der Waals surface area contributed by atoms with Crippen LogP contribution in [-0.2, 0) is 9.53 Å². The van der Waals surface area contributed by atoms with E-state index in [1.165, 1.54) is 12.8 Å². The molecule has 18 heavy (non-hydrogen) atoms. The van der Waals surface area contributed by atoms with Crippen LogP contribution >= 0.6 is 0 Å². The van der Waals surface area contributed by atoms with Gasteiger partial charge in [-0.15, -0.1) is 0 Å². The molecule has 3 atom stereocenters. The fourth-order valence-electron chi connectivity index (χ4n) is 2.46. The number of ether oxygens (including phenoxy) is 1. The maximum absolute atomic E-state index is 12.1. The minimum Gasteiger partial charge on any atom is -0.379 e. The molecular weight excluding hydrogens is 230 g/mol. The Morgan fingerprint density at radius 1 is 1.44 bits per heavy atom. The van der Waals surface area contributed by atoms with Crippen molar-refractivity contribution in [1.29, 1.82) is 0 Å². The summed E-state index contributed by atoms with van der Waals surface area (Å²) in [6.45, 7) is 4.05. The fourth-order valence-corrected chi connectivity index (χ4v) is 2.46. The lowest BCUT2D eigenvalue weighted by atomic mass is 10.0. The molecule has 2 rings (SSSR count). The van der Waals surface area contributed by atoms with E-state index < -0.39 is 0 Å². The van der Waals surface area contributed by atoms with Crippen molar-refractivity contribution < 1.29 is 9.53 Å². The van der Waals surface area contributed by atoms with E-state index in [0.29, 0.717) is 19.3 Å². The second-order valence-corrected chi connectivity index (χ2v) is 5.53. The lowest BCUT2D eigenvalue weighted by molar-refractivity contribution is -0.125. The van der Waals surface area contributed by atoms with E-state index in [9.17, 15) is 4.79 Å². The number of likely N-dealkylation sites (N-methyl/N-ethyl adjacent to an activating group) is 2. The van der Waals surface area contributed by atoms with Crippen molar-refractivity contribution in [3.8, 4) is 0 Å². The third-order valence-corrected chi connectivity index (χ3v) is 4.18.